The Morgan fingerprint density at radius 2 is 2.20 bits per heavy atom. The van der Waals surface area contributed by atoms with Crippen LogP contribution in [0.15, 0.2) is 6.07 Å². The maximum Gasteiger partial charge on any atom is 0.0940 e. The summed E-state index contributed by atoms with van der Waals surface area (Å²) in [6, 6.07) is 2.07. The van der Waals surface area contributed by atoms with Gasteiger partial charge in [-0.25, -0.2) is 0 Å². The molecule has 0 saturated carbocycles. The van der Waals surface area contributed by atoms with E-state index in [0.29, 0.717) is 12.5 Å². The van der Waals surface area contributed by atoms with E-state index in [9.17, 15) is 0 Å². The fraction of sp³-hybridized carbons (Fsp3) is 0.733. The van der Waals surface area contributed by atoms with E-state index in [1.165, 1.54) is 0 Å². The fourth-order valence-electron chi connectivity index (χ4n) is 3.40. The second-order valence-corrected chi connectivity index (χ2v) is 6.14. The topological polar surface area (TPSA) is 70.3 Å². The van der Waals surface area contributed by atoms with E-state index in [2.05, 4.69) is 16.3 Å². The molecule has 0 bridgehead atoms. The number of aromatic nitrogens is 2. The van der Waals surface area contributed by atoms with Gasteiger partial charge < -0.3 is 15.2 Å². The summed E-state index contributed by atoms with van der Waals surface area (Å²) in [6.07, 6.45) is 2.97. The zero-order valence-electron chi connectivity index (χ0n) is 12.3. The molecule has 1 spiro atoms. The third kappa shape index (κ3) is 2.57. The van der Waals surface area contributed by atoms with Gasteiger partial charge in [0.15, 0.2) is 0 Å². The predicted molar refractivity (Wildman–Crippen MR) is 75.3 cm³/mol. The van der Waals surface area contributed by atoms with Crippen LogP contribution in [0.3, 0.4) is 0 Å². The third-order valence-corrected chi connectivity index (χ3v) is 4.61. The maximum atomic E-state index is 6.53. The molecule has 1 aromatic rings. The van der Waals surface area contributed by atoms with E-state index < -0.39 is 0 Å². The summed E-state index contributed by atoms with van der Waals surface area (Å²) >= 11 is 0. The molecule has 0 amide bonds. The highest BCUT2D eigenvalue weighted by Gasteiger charge is 2.42. The first-order valence-corrected chi connectivity index (χ1v) is 7.38. The summed E-state index contributed by atoms with van der Waals surface area (Å²) in [7, 11) is 0. The molecule has 0 aliphatic carbocycles. The molecule has 5 heteroatoms. The Balaban J connectivity index is 1.79. The van der Waals surface area contributed by atoms with Gasteiger partial charge in [0, 0.05) is 25.7 Å². The number of nitrogens with zero attached hydrogens (tertiary/aromatic N) is 2. The lowest BCUT2D eigenvalue weighted by Gasteiger charge is -2.39. The van der Waals surface area contributed by atoms with Crippen molar-refractivity contribution in [2.75, 3.05) is 19.8 Å². The van der Waals surface area contributed by atoms with Crippen LogP contribution in [-0.4, -0.2) is 35.6 Å². The van der Waals surface area contributed by atoms with Crippen molar-refractivity contribution in [3.63, 3.8) is 0 Å². The molecule has 2 saturated heterocycles. The van der Waals surface area contributed by atoms with Crippen molar-refractivity contribution in [1.29, 1.82) is 0 Å². The van der Waals surface area contributed by atoms with Gasteiger partial charge in [-0.2, -0.15) is 10.2 Å². The molecule has 2 N–H and O–H groups in total. The van der Waals surface area contributed by atoms with Crippen LogP contribution in [0.1, 0.15) is 42.3 Å². The van der Waals surface area contributed by atoms with Crippen molar-refractivity contribution >= 4 is 0 Å². The van der Waals surface area contributed by atoms with Crippen LogP contribution >= 0.6 is 0 Å². The Labute approximate surface area is 119 Å². The monoisotopic (exact) mass is 277 g/mol. The maximum absolute atomic E-state index is 6.53. The Hall–Kier alpha value is -1.04. The molecule has 2 fully saturated rings. The zero-order valence-corrected chi connectivity index (χ0v) is 12.3. The van der Waals surface area contributed by atoms with Crippen LogP contribution in [-0.2, 0) is 9.47 Å². The van der Waals surface area contributed by atoms with Crippen LogP contribution in [0.4, 0.5) is 0 Å². The van der Waals surface area contributed by atoms with Crippen molar-refractivity contribution < 1.29 is 9.47 Å². The molecular weight excluding hydrogens is 254 g/mol. The van der Waals surface area contributed by atoms with Crippen LogP contribution in [0.25, 0.3) is 0 Å². The fourth-order valence-corrected chi connectivity index (χ4v) is 3.40. The summed E-state index contributed by atoms with van der Waals surface area (Å²) in [5.41, 5.74) is 9.42. The standard InChI is InChI=1S/C15H23N3O2/c1-10-7-13(11(2)18-17-10)14(16)12-3-5-20-15(8-12)4-6-19-9-15/h7,12,14H,3-6,8-9,16H2,1-2H3. The van der Waals surface area contributed by atoms with Gasteiger partial charge in [0.25, 0.3) is 0 Å². The number of nitrogens with two attached hydrogens (primary N) is 1. The Morgan fingerprint density at radius 3 is 2.95 bits per heavy atom. The first kappa shape index (κ1) is 13.9. The van der Waals surface area contributed by atoms with E-state index in [1.807, 2.05) is 13.8 Å². The second-order valence-electron chi connectivity index (χ2n) is 6.14. The zero-order chi connectivity index (χ0) is 14.2. The minimum Gasteiger partial charge on any atom is -0.378 e. The van der Waals surface area contributed by atoms with Crippen molar-refractivity contribution in [2.45, 2.75) is 44.8 Å². The normalized spacial score (nSPS) is 31.6. The number of hydrogen-bond acceptors (Lipinski definition) is 5. The van der Waals surface area contributed by atoms with Crippen LogP contribution in [0.5, 0.6) is 0 Å². The average Bonchev–Trinajstić information content (AvgIpc) is 2.88. The molecule has 3 heterocycles. The van der Waals surface area contributed by atoms with Gasteiger partial charge in [0.1, 0.15) is 0 Å². The minimum absolute atomic E-state index is 0.00516. The van der Waals surface area contributed by atoms with E-state index in [0.717, 1.165) is 49.4 Å². The molecular formula is C15H23N3O2. The third-order valence-electron chi connectivity index (χ3n) is 4.61. The van der Waals surface area contributed by atoms with Gasteiger partial charge in [-0.15, -0.1) is 0 Å². The van der Waals surface area contributed by atoms with E-state index in [1.54, 1.807) is 0 Å². The van der Waals surface area contributed by atoms with Crippen LogP contribution < -0.4 is 5.73 Å². The highest BCUT2D eigenvalue weighted by Crippen LogP contribution is 2.40. The van der Waals surface area contributed by atoms with Gasteiger partial charge in [-0.3, -0.25) is 0 Å². The van der Waals surface area contributed by atoms with Gasteiger partial charge in [0.2, 0.25) is 0 Å². The second kappa shape index (κ2) is 5.39. The number of ether oxygens (including phenoxy) is 2. The van der Waals surface area contributed by atoms with Gasteiger partial charge >= 0.3 is 0 Å². The lowest BCUT2D eigenvalue weighted by Crippen LogP contribution is -2.43. The lowest BCUT2D eigenvalue weighted by molar-refractivity contribution is -0.101. The molecule has 110 valence electrons. The smallest absolute Gasteiger partial charge is 0.0940 e. The number of rotatable bonds is 2. The molecule has 5 nitrogen and oxygen atoms in total. The molecule has 3 unspecified atom stereocenters. The molecule has 20 heavy (non-hydrogen) atoms. The first-order valence-electron chi connectivity index (χ1n) is 7.38. The summed E-state index contributed by atoms with van der Waals surface area (Å²) in [4.78, 5) is 0. The Bertz CT molecular complexity index is 486. The van der Waals surface area contributed by atoms with Crippen LogP contribution in [0.2, 0.25) is 0 Å². The highest BCUT2D eigenvalue weighted by atomic mass is 16.6. The molecule has 0 radical (unpaired) electrons. The van der Waals surface area contributed by atoms with E-state index in [-0.39, 0.29) is 11.6 Å². The van der Waals surface area contributed by atoms with Crippen LogP contribution in [0, 0.1) is 19.8 Å². The summed E-state index contributed by atoms with van der Waals surface area (Å²) in [6.45, 7) is 6.23. The summed E-state index contributed by atoms with van der Waals surface area (Å²) in [5, 5.41) is 8.29. The van der Waals surface area contributed by atoms with Gasteiger partial charge in [-0.05, 0) is 44.2 Å². The average molecular weight is 277 g/mol. The molecule has 0 aromatic carbocycles. The first-order chi connectivity index (χ1) is 9.60. The quantitative estimate of drug-likeness (QED) is 0.890. The van der Waals surface area contributed by atoms with Crippen molar-refractivity contribution in [3.05, 3.63) is 23.0 Å². The van der Waals surface area contributed by atoms with Crippen molar-refractivity contribution in [3.8, 4) is 0 Å². The molecule has 3 rings (SSSR count). The van der Waals surface area contributed by atoms with Crippen molar-refractivity contribution in [1.82, 2.24) is 10.2 Å². The van der Waals surface area contributed by atoms with Gasteiger partial charge in [-0.1, -0.05) is 0 Å². The lowest BCUT2D eigenvalue weighted by atomic mass is 9.79. The molecule has 1 aromatic heterocycles. The largest absolute Gasteiger partial charge is 0.378 e. The predicted octanol–water partition coefficient (Wildman–Crippen LogP) is 1.68. The Morgan fingerprint density at radius 1 is 1.35 bits per heavy atom. The number of hydrogen-bond donors (Lipinski definition) is 1. The minimum atomic E-state index is -0.0933. The highest BCUT2D eigenvalue weighted by molar-refractivity contribution is 5.24. The van der Waals surface area contributed by atoms with Gasteiger partial charge in [0.05, 0.1) is 23.6 Å². The molecule has 2 aliphatic heterocycles. The summed E-state index contributed by atoms with van der Waals surface area (Å²) in [5.74, 6) is 0.424. The molecule has 2 aliphatic rings. The Kier molecular flexibility index (Phi) is 3.75. The number of aryl methyl sites for hydroxylation is 2. The van der Waals surface area contributed by atoms with E-state index in [4.69, 9.17) is 15.2 Å². The van der Waals surface area contributed by atoms with Crippen molar-refractivity contribution in [2.24, 2.45) is 11.7 Å². The van der Waals surface area contributed by atoms with E-state index >= 15 is 0 Å². The SMILES string of the molecule is Cc1cc(C(N)C2CCOC3(CCOC3)C2)c(C)nn1. The molecule has 3 atom stereocenters. The summed E-state index contributed by atoms with van der Waals surface area (Å²) < 4.78 is 11.5.